The van der Waals surface area contributed by atoms with Crippen LogP contribution in [-0.4, -0.2) is 18.7 Å². The average molecular weight is 277 g/mol. The first-order valence-electron chi connectivity index (χ1n) is 6.07. The van der Waals surface area contributed by atoms with E-state index >= 15 is 0 Å². The lowest BCUT2D eigenvalue weighted by Crippen LogP contribution is -2.44. The number of benzene rings is 1. The molecule has 0 aromatic heterocycles. The normalized spacial score (nSPS) is 19.2. The van der Waals surface area contributed by atoms with Crippen LogP contribution in [0.3, 0.4) is 0 Å². The number of nitrogens with one attached hydrogen (secondary N) is 1. The zero-order valence-electron chi connectivity index (χ0n) is 10.5. The van der Waals surface area contributed by atoms with Crippen LogP contribution < -0.4 is 10.1 Å². The Bertz CT molecular complexity index is 452. The first-order valence-corrected chi connectivity index (χ1v) is 6.07. The van der Waals surface area contributed by atoms with Gasteiger partial charge in [0.15, 0.2) is 0 Å². The van der Waals surface area contributed by atoms with E-state index in [1.165, 1.54) is 0 Å². The Labute approximate surface area is 108 Å². The number of hydrogen-bond acceptors (Lipinski definition) is 2. The molecule has 0 radical (unpaired) electrons. The first kappa shape index (κ1) is 14.1. The zero-order valence-corrected chi connectivity index (χ0v) is 10.5. The molecule has 0 atom stereocenters. The summed E-state index contributed by atoms with van der Waals surface area (Å²) >= 11 is 0. The van der Waals surface area contributed by atoms with E-state index in [2.05, 4.69) is 5.32 Å². The van der Waals surface area contributed by atoms with Gasteiger partial charge in [0.25, 0.3) is 0 Å². The molecule has 1 aliphatic heterocycles. The largest absolute Gasteiger partial charge is 0.487 e. The van der Waals surface area contributed by atoms with Gasteiger partial charge in [0.05, 0.1) is 5.56 Å². The molecule has 0 bridgehead atoms. The number of rotatable bonds is 2. The average Bonchev–Trinajstić information content (AvgIpc) is 2.27. The third-order valence-electron chi connectivity index (χ3n) is 3.27. The van der Waals surface area contributed by atoms with Crippen LogP contribution in [0.2, 0.25) is 0 Å². The molecule has 1 fully saturated rings. The van der Waals surface area contributed by atoms with Crippen LogP contribution in [0.25, 0.3) is 0 Å². The van der Waals surface area contributed by atoms with Gasteiger partial charge in [-0.1, -0.05) is 0 Å². The molecule has 0 spiro atoms. The standard InChI is InChI=1S/C13H15F4NO/c1-12(4-6-18-7-5-12)19-11-8-9(14)2-3-10(11)13(15,16)17/h2-3,8,18H,4-7H2,1H3. The van der Waals surface area contributed by atoms with Crippen molar-refractivity contribution in [1.29, 1.82) is 0 Å². The fourth-order valence-corrected chi connectivity index (χ4v) is 2.14. The van der Waals surface area contributed by atoms with E-state index in [0.29, 0.717) is 25.9 Å². The van der Waals surface area contributed by atoms with Crippen molar-refractivity contribution < 1.29 is 22.3 Å². The second kappa shape index (κ2) is 5.00. The van der Waals surface area contributed by atoms with Gasteiger partial charge >= 0.3 is 6.18 Å². The topological polar surface area (TPSA) is 21.3 Å². The third kappa shape index (κ3) is 3.37. The second-order valence-corrected chi connectivity index (χ2v) is 4.94. The van der Waals surface area contributed by atoms with Crippen LogP contribution in [-0.2, 0) is 6.18 Å². The van der Waals surface area contributed by atoms with E-state index in [9.17, 15) is 17.6 Å². The van der Waals surface area contributed by atoms with Crippen LogP contribution in [0.15, 0.2) is 18.2 Å². The monoisotopic (exact) mass is 277 g/mol. The van der Waals surface area contributed by atoms with Gasteiger partial charge in [0, 0.05) is 6.07 Å². The second-order valence-electron chi connectivity index (χ2n) is 4.94. The number of hydrogen-bond donors (Lipinski definition) is 1. The summed E-state index contributed by atoms with van der Waals surface area (Å²) in [5.74, 6) is -1.17. The summed E-state index contributed by atoms with van der Waals surface area (Å²) in [6, 6.07) is 2.31. The smallest absolute Gasteiger partial charge is 0.419 e. The molecule has 1 aliphatic rings. The highest BCUT2D eigenvalue weighted by Gasteiger charge is 2.37. The van der Waals surface area contributed by atoms with E-state index in [1.807, 2.05) is 0 Å². The summed E-state index contributed by atoms with van der Waals surface area (Å²) in [6.07, 6.45) is -3.38. The first-order chi connectivity index (χ1) is 8.80. The van der Waals surface area contributed by atoms with Crippen LogP contribution in [0.4, 0.5) is 17.6 Å². The molecule has 0 aliphatic carbocycles. The van der Waals surface area contributed by atoms with Gasteiger partial charge in [-0.2, -0.15) is 13.2 Å². The Morgan fingerprint density at radius 3 is 2.42 bits per heavy atom. The van der Waals surface area contributed by atoms with E-state index in [-0.39, 0.29) is 0 Å². The maximum absolute atomic E-state index is 13.2. The summed E-state index contributed by atoms with van der Waals surface area (Å²) in [7, 11) is 0. The molecule has 1 aromatic rings. The van der Waals surface area contributed by atoms with E-state index in [4.69, 9.17) is 4.74 Å². The molecule has 6 heteroatoms. The van der Waals surface area contributed by atoms with Crippen molar-refractivity contribution in [2.24, 2.45) is 0 Å². The van der Waals surface area contributed by atoms with Crippen LogP contribution >= 0.6 is 0 Å². The minimum absolute atomic E-state index is 0.433. The Morgan fingerprint density at radius 2 is 1.84 bits per heavy atom. The molecule has 0 saturated carbocycles. The van der Waals surface area contributed by atoms with Crippen LogP contribution in [0.1, 0.15) is 25.3 Å². The van der Waals surface area contributed by atoms with Gasteiger partial charge in [0.2, 0.25) is 0 Å². The maximum Gasteiger partial charge on any atom is 0.419 e. The summed E-state index contributed by atoms with van der Waals surface area (Å²) in [5.41, 5.74) is -1.63. The van der Waals surface area contributed by atoms with Gasteiger partial charge in [-0.25, -0.2) is 4.39 Å². The molecule has 106 valence electrons. The molecule has 0 amide bonds. The number of ether oxygens (including phenoxy) is 1. The molecule has 0 unspecified atom stereocenters. The maximum atomic E-state index is 13.2. The molecule has 1 heterocycles. The van der Waals surface area contributed by atoms with Crippen LogP contribution in [0.5, 0.6) is 5.75 Å². The van der Waals surface area contributed by atoms with Crippen LogP contribution in [0, 0.1) is 5.82 Å². The van der Waals surface area contributed by atoms with Gasteiger partial charge in [-0.3, -0.25) is 0 Å². The van der Waals surface area contributed by atoms with Gasteiger partial charge in [-0.05, 0) is 45.0 Å². The fourth-order valence-electron chi connectivity index (χ4n) is 2.14. The molecule has 2 nitrogen and oxygen atoms in total. The summed E-state index contributed by atoms with van der Waals surface area (Å²) in [5, 5.41) is 3.11. The Kier molecular flexibility index (Phi) is 3.71. The zero-order chi connectivity index (χ0) is 14.1. The van der Waals surface area contributed by atoms with Crippen molar-refractivity contribution >= 4 is 0 Å². The van der Waals surface area contributed by atoms with Crippen molar-refractivity contribution in [3.05, 3.63) is 29.6 Å². The number of halogens is 4. The molecule has 19 heavy (non-hydrogen) atoms. The van der Waals surface area contributed by atoms with Crippen molar-refractivity contribution in [2.45, 2.75) is 31.5 Å². The fraction of sp³-hybridized carbons (Fsp3) is 0.538. The molecule has 1 aromatic carbocycles. The van der Waals surface area contributed by atoms with E-state index < -0.39 is 28.9 Å². The van der Waals surface area contributed by atoms with E-state index in [0.717, 1.165) is 18.2 Å². The Hall–Kier alpha value is -1.30. The minimum atomic E-state index is -4.55. The molecule has 2 rings (SSSR count). The summed E-state index contributed by atoms with van der Waals surface area (Å²) in [4.78, 5) is 0. The highest BCUT2D eigenvalue weighted by molar-refractivity contribution is 5.36. The van der Waals surface area contributed by atoms with Crippen molar-refractivity contribution in [3.63, 3.8) is 0 Å². The van der Waals surface area contributed by atoms with E-state index in [1.54, 1.807) is 6.92 Å². The lowest BCUT2D eigenvalue weighted by atomic mass is 9.94. The summed E-state index contributed by atoms with van der Waals surface area (Å²) < 4.78 is 57.2. The lowest BCUT2D eigenvalue weighted by Gasteiger charge is -2.35. The minimum Gasteiger partial charge on any atom is -0.487 e. The van der Waals surface area contributed by atoms with Crippen molar-refractivity contribution in [1.82, 2.24) is 5.32 Å². The molecular formula is C13H15F4NO. The lowest BCUT2D eigenvalue weighted by molar-refractivity contribution is -0.140. The molecule has 1 saturated heterocycles. The number of alkyl halides is 3. The Morgan fingerprint density at radius 1 is 1.21 bits per heavy atom. The number of piperidine rings is 1. The Balaban J connectivity index is 2.30. The molecular weight excluding hydrogens is 262 g/mol. The predicted molar refractivity (Wildman–Crippen MR) is 62.5 cm³/mol. The third-order valence-corrected chi connectivity index (χ3v) is 3.27. The molecule has 1 N–H and O–H groups in total. The highest BCUT2D eigenvalue weighted by atomic mass is 19.4. The van der Waals surface area contributed by atoms with Crippen molar-refractivity contribution in [2.75, 3.05) is 13.1 Å². The quantitative estimate of drug-likeness (QED) is 0.837. The summed E-state index contributed by atoms with van der Waals surface area (Å²) in [6.45, 7) is 3.10. The van der Waals surface area contributed by atoms with Gasteiger partial charge in [-0.15, -0.1) is 0 Å². The van der Waals surface area contributed by atoms with Crippen molar-refractivity contribution in [3.8, 4) is 5.75 Å². The van der Waals surface area contributed by atoms with Gasteiger partial charge in [0.1, 0.15) is 17.2 Å². The predicted octanol–water partition coefficient (Wildman–Crippen LogP) is 3.37. The SMILES string of the molecule is CC1(Oc2cc(F)ccc2C(F)(F)F)CCNCC1. The highest BCUT2D eigenvalue weighted by Crippen LogP contribution is 2.39. The van der Waals surface area contributed by atoms with Gasteiger partial charge < -0.3 is 10.1 Å².